The van der Waals surface area contributed by atoms with Crippen molar-refractivity contribution in [3.63, 3.8) is 0 Å². The Morgan fingerprint density at radius 2 is 2.00 bits per heavy atom. The van der Waals surface area contributed by atoms with Crippen molar-refractivity contribution in [2.75, 3.05) is 17.6 Å². The number of carbonyl (C=O) groups is 1. The van der Waals surface area contributed by atoms with Crippen LogP contribution in [0.5, 0.6) is 0 Å². The Morgan fingerprint density at radius 1 is 1.19 bits per heavy atom. The highest BCUT2D eigenvalue weighted by Gasteiger charge is 2.14. The first-order chi connectivity index (χ1) is 15.1. The van der Waals surface area contributed by atoms with Crippen molar-refractivity contribution in [2.45, 2.75) is 64.2 Å². The number of nitrogens with one attached hydrogen (secondary N) is 2. The molecule has 0 fully saturated rings. The average Bonchev–Trinajstić information content (AvgIpc) is 3.16. The smallest absolute Gasteiger partial charge is 0.220 e. The Bertz CT molecular complexity index is 973. The second-order valence-electron chi connectivity index (χ2n) is 7.80. The van der Waals surface area contributed by atoms with Crippen molar-refractivity contribution in [3.8, 4) is 0 Å². The van der Waals surface area contributed by atoms with Gasteiger partial charge in [-0.3, -0.25) is 4.79 Å². The van der Waals surface area contributed by atoms with E-state index in [4.69, 9.17) is 4.98 Å². The molecular weight excluding hydrogens is 408 g/mol. The first-order valence-electron chi connectivity index (χ1n) is 11.0. The van der Waals surface area contributed by atoms with Gasteiger partial charge < -0.3 is 10.6 Å². The number of aryl methyl sites for hydroxylation is 1. The Labute approximate surface area is 188 Å². The van der Waals surface area contributed by atoms with E-state index >= 15 is 0 Å². The van der Waals surface area contributed by atoms with Crippen molar-refractivity contribution in [1.82, 2.24) is 25.1 Å². The van der Waals surface area contributed by atoms with Crippen molar-refractivity contribution in [3.05, 3.63) is 42.1 Å². The topological polar surface area (TPSA) is 84.7 Å². The highest BCUT2D eigenvalue weighted by atomic mass is 32.2. The van der Waals surface area contributed by atoms with Crippen LogP contribution in [0, 0.1) is 0 Å². The number of amides is 1. The van der Waals surface area contributed by atoms with Gasteiger partial charge in [0.25, 0.3) is 0 Å². The lowest BCUT2D eigenvalue weighted by atomic mass is 10.1. The minimum Gasteiger partial charge on any atom is -0.367 e. The zero-order valence-electron chi connectivity index (χ0n) is 18.6. The molecule has 2 heterocycles. The van der Waals surface area contributed by atoms with Crippen LogP contribution in [0.25, 0.3) is 11.0 Å². The van der Waals surface area contributed by atoms with Gasteiger partial charge in [0.2, 0.25) is 5.91 Å². The second kappa shape index (κ2) is 11.7. The van der Waals surface area contributed by atoms with E-state index in [0.717, 1.165) is 47.0 Å². The van der Waals surface area contributed by atoms with E-state index in [9.17, 15) is 4.79 Å². The van der Waals surface area contributed by atoms with Crippen LogP contribution in [0.15, 0.2) is 41.7 Å². The van der Waals surface area contributed by atoms with Gasteiger partial charge in [0.1, 0.15) is 5.82 Å². The van der Waals surface area contributed by atoms with Crippen LogP contribution in [0.4, 0.5) is 5.82 Å². The van der Waals surface area contributed by atoms with Gasteiger partial charge in [-0.2, -0.15) is 5.10 Å². The van der Waals surface area contributed by atoms with Crippen LogP contribution in [0.2, 0.25) is 0 Å². The van der Waals surface area contributed by atoms with Gasteiger partial charge in [-0.25, -0.2) is 14.6 Å². The summed E-state index contributed by atoms with van der Waals surface area (Å²) in [6.07, 6.45) is 5.15. The minimum atomic E-state index is 0.0726. The summed E-state index contributed by atoms with van der Waals surface area (Å²) >= 11 is 1.65. The van der Waals surface area contributed by atoms with Gasteiger partial charge in [0.05, 0.1) is 18.1 Å². The molecule has 2 N–H and O–H groups in total. The van der Waals surface area contributed by atoms with Gasteiger partial charge in [-0.15, -0.1) is 0 Å². The zero-order chi connectivity index (χ0) is 22.1. The molecule has 1 amide bonds. The molecular formula is C23H32N6OS. The summed E-state index contributed by atoms with van der Waals surface area (Å²) in [6, 6.07) is 10.5. The monoisotopic (exact) mass is 440 g/mol. The largest absolute Gasteiger partial charge is 0.367 e. The number of anilines is 1. The minimum absolute atomic E-state index is 0.0726. The lowest BCUT2D eigenvalue weighted by molar-refractivity contribution is -0.121. The number of fused-ring (bicyclic) bond motifs is 1. The molecule has 0 spiro atoms. The fourth-order valence-electron chi connectivity index (χ4n) is 3.23. The Morgan fingerprint density at radius 3 is 2.74 bits per heavy atom. The number of nitrogens with zero attached hydrogens (tertiary/aromatic N) is 4. The number of benzene rings is 1. The molecule has 3 aromatic rings. The molecule has 0 aliphatic heterocycles. The first kappa shape index (κ1) is 23.1. The van der Waals surface area contributed by atoms with Crippen molar-refractivity contribution < 1.29 is 4.79 Å². The fourth-order valence-corrected chi connectivity index (χ4v) is 3.92. The van der Waals surface area contributed by atoms with Crippen LogP contribution >= 0.6 is 11.8 Å². The quantitative estimate of drug-likeness (QED) is 0.323. The summed E-state index contributed by atoms with van der Waals surface area (Å²) in [5.41, 5.74) is 2.07. The first-order valence-corrected chi connectivity index (χ1v) is 12.0. The molecule has 0 saturated heterocycles. The van der Waals surface area contributed by atoms with E-state index in [0.29, 0.717) is 19.5 Å². The van der Waals surface area contributed by atoms with Crippen LogP contribution < -0.4 is 10.6 Å². The summed E-state index contributed by atoms with van der Waals surface area (Å²) in [7, 11) is 0. The molecule has 166 valence electrons. The van der Waals surface area contributed by atoms with Gasteiger partial charge in [-0.05, 0) is 38.7 Å². The van der Waals surface area contributed by atoms with Crippen molar-refractivity contribution in [1.29, 1.82) is 0 Å². The van der Waals surface area contributed by atoms with Gasteiger partial charge in [0.15, 0.2) is 10.8 Å². The Balaban J connectivity index is 1.57. The molecule has 1 aromatic carbocycles. The normalized spacial score (nSPS) is 11.2. The summed E-state index contributed by atoms with van der Waals surface area (Å²) in [5.74, 6) is 1.86. The van der Waals surface area contributed by atoms with Gasteiger partial charge in [0, 0.05) is 24.8 Å². The Hall–Kier alpha value is -2.61. The number of thioether (sulfide) groups is 1. The van der Waals surface area contributed by atoms with Crippen molar-refractivity contribution >= 4 is 34.5 Å². The van der Waals surface area contributed by atoms with E-state index < -0.39 is 0 Å². The van der Waals surface area contributed by atoms with Gasteiger partial charge in [-0.1, -0.05) is 49.0 Å². The van der Waals surface area contributed by atoms with Crippen molar-refractivity contribution in [2.24, 2.45) is 0 Å². The molecule has 0 aliphatic carbocycles. The van der Waals surface area contributed by atoms with E-state index in [2.05, 4.69) is 53.6 Å². The average molecular weight is 441 g/mol. The maximum absolute atomic E-state index is 12.2. The number of aromatic nitrogens is 4. The van der Waals surface area contributed by atoms with E-state index in [1.54, 1.807) is 18.0 Å². The van der Waals surface area contributed by atoms with Gasteiger partial charge >= 0.3 is 0 Å². The third-order valence-electron chi connectivity index (χ3n) is 4.69. The predicted octanol–water partition coefficient (Wildman–Crippen LogP) is 4.29. The van der Waals surface area contributed by atoms with E-state index in [-0.39, 0.29) is 11.9 Å². The molecule has 8 heteroatoms. The summed E-state index contributed by atoms with van der Waals surface area (Å²) in [6.45, 7) is 7.42. The molecule has 31 heavy (non-hydrogen) atoms. The van der Waals surface area contributed by atoms with Crippen LogP contribution in [-0.4, -0.2) is 44.0 Å². The summed E-state index contributed by atoms with van der Waals surface area (Å²) in [5, 5.41) is 12.6. The third kappa shape index (κ3) is 6.95. The maximum atomic E-state index is 12.2. The molecule has 0 unspecified atom stereocenters. The third-order valence-corrected chi connectivity index (χ3v) is 5.75. The molecule has 0 radical (unpaired) electrons. The van der Waals surface area contributed by atoms with Crippen LogP contribution in [-0.2, 0) is 17.8 Å². The SMILES string of the molecule is CCCSc1nc(NC(C)C)c2cnn(CCNC(=O)CCCc3ccccc3)c2n1. The molecule has 2 aromatic heterocycles. The maximum Gasteiger partial charge on any atom is 0.220 e. The molecule has 3 rings (SSSR count). The van der Waals surface area contributed by atoms with E-state index in [1.165, 1.54) is 5.56 Å². The standard InChI is InChI=1S/C23H32N6OS/c1-4-15-31-23-27-21(26-17(2)3)19-16-25-29(22(19)28-23)14-13-24-20(30)12-8-11-18-9-6-5-7-10-18/h5-7,9-10,16-17H,4,8,11-15H2,1-3H3,(H,24,30)(H,26,27,28). The molecule has 7 nitrogen and oxygen atoms in total. The molecule has 0 bridgehead atoms. The summed E-state index contributed by atoms with van der Waals surface area (Å²) < 4.78 is 1.85. The molecule has 0 aliphatic rings. The highest BCUT2D eigenvalue weighted by Crippen LogP contribution is 2.25. The Kier molecular flexibility index (Phi) is 8.70. The molecule has 0 saturated carbocycles. The summed E-state index contributed by atoms with van der Waals surface area (Å²) in [4.78, 5) is 21.6. The molecule has 0 atom stereocenters. The predicted molar refractivity (Wildman–Crippen MR) is 127 cm³/mol. The van der Waals surface area contributed by atoms with Crippen LogP contribution in [0.1, 0.15) is 45.6 Å². The number of carbonyl (C=O) groups excluding carboxylic acids is 1. The van der Waals surface area contributed by atoms with E-state index in [1.807, 2.05) is 22.9 Å². The highest BCUT2D eigenvalue weighted by molar-refractivity contribution is 7.99. The van der Waals surface area contributed by atoms with Crippen LogP contribution in [0.3, 0.4) is 0 Å². The fraction of sp³-hybridized carbons (Fsp3) is 0.478. The number of hydrogen-bond donors (Lipinski definition) is 2. The zero-order valence-corrected chi connectivity index (χ0v) is 19.4. The number of rotatable bonds is 12. The lowest BCUT2D eigenvalue weighted by Gasteiger charge is -2.12. The second-order valence-corrected chi connectivity index (χ2v) is 8.86. The lowest BCUT2D eigenvalue weighted by Crippen LogP contribution is -2.27. The number of hydrogen-bond acceptors (Lipinski definition) is 6.